The molecule has 0 aliphatic heterocycles. The molecule has 0 aromatic carbocycles. The summed E-state index contributed by atoms with van der Waals surface area (Å²) in [6, 6.07) is 3.12. The van der Waals surface area contributed by atoms with Crippen molar-refractivity contribution in [3.05, 3.63) is 30.7 Å². The molecule has 2 heterocycles. The third-order valence-electron chi connectivity index (χ3n) is 2.28. The molecule has 2 aromatic heterocycles. The van der Waals surface area contributed by atoms with Gasteiger partial charge in [0.25, 0.3) is 0 Å². The molecule has 0 amide bonds. The average Bonchev–Trinajstić information content (AvgIpc) is 2.81. The zero-order valence-corrected chi connectivity index (χ0v) is 10.6. The Morgan fingerprint density at radius 3 is 2.89 bits per heavy atom. The Morgan fingerprint density at radius 1 is 1.39 bits per heavy atom. The van der Waals surface area contributed by atoms with Crippen LogP contribution in [0.15, 0.2) is 35.6 Å². The van der Waals surface area contributed by atoms with E-state index in [1.54, 1.807) is 29.3 Å². The molecule has 0 saturated heterocycles. The first kappa shape index (κ1) is 12.5. The number of anilines is 1. The van der Waals surface area contributed by atoms with Crippen LogP contribution in [0, 0.1) is 0 Å². The maximum Gasteiger partial charge on any atom is 0.179 e. The van der Waals surface area contributed by atoms with Crippen LogP contribution in [0.4, 0.5) is 5.82 Å². The predicted octanol–water partition coefficient (Wildman–Crippen LogP) is 0.189. The molecule has 96 valence electrons. The maximum absolute atomic E-state index is 11.5. The van der Waals surface area contributed by atoms with Crippen LogP contribution in [0.2, 0.25) is 0 Å². The van der Waals surface area contributed by atoms with E-state index in [1.165, 1.54) is 6.07 Å². The van der Waals surface area contributed by atoms with Crippen molar-refractivity contribution in [3.8, 4) is 0 Å². The first-order valence-electron chi connectivity index (χ1n) is 5.30. The predicted molar refractivity (Wildman–Crippen MR) is 65.9 cm³/mol. The van der Waals surface area contributed by atoms with Gasteiger partial charge in [0, 0.05) is 25.2 Å². The van der Waals surface area contributed by atoms with Crippen LogP contribution in [0.1, 0.15) is 0 Å². The van der Waals surface area contributed by atoms with E-state index in [2.05, 4.69) is 20.6 Å². The van der Waals surface area contributed by atoms with E-state index >= 15 is 0 Å². The minimum atomic E-state index is -3.28. The highest BCUT2D eigenvalue weighted by Gasteiger charge is 2.13. The van der Waals surface area contributed by atoms with Gasteiger partial charge in [0.2, 0.25) is 0 Å². The lowest BCUT2D eigenvalue weighted by Gasteiger charge is -2.09. The molecule has 8 heteroatoms. The summed E-state index contributed by atoms with van der Waals surface area (Å²) < 4.78 is 24.7. The Hall–Kier alpha value is -1.96. The summed E-state index contributed by atoms with van der Waals surface area (Å²) in [6.45, 7) is 1.10. The third kappa shape index (κ3) is 3.04. The molecule has 0 aliphatic carbocycles. The van der Waals surface area contributed by atoms with Gasteiger partial charge >= 0.3 is 0 Å². The molecule has 0 radical (unpaired) electrons. The Balaban J connectivity index is 2.06. The highest BCUT2D eigenvalue weighted by Crippen LogP contribution is 2.17. The molecule has 0 spiro atoms. The van der Waals surface area contributed by atoms with Crippen molar-refractivity contribution >= 4 is 15.7 Å². The lowest BCUT2D eigenvalue weighted by atomic mass is 10.4. The van der Waals surface area contributed by atoms with E-state index in [9.17, 15) is 8.42 Å². The number of pyridine rings is 1. The quantitative estimate of drug-likeness (QED) is 0.831. The van der Waals surface area contributed by atoms with E-state index in [4.69, 9.17) is 0 Å². The molecular formula is C10H13N5O2S. The molecule has 0 saturated carbocycles. The zero-order valence-electron chi connectivity index (χ0n) is 9.81. The van der Waals surface area contributed by atoms with Gasteiger partial charge in [-0.1, -0.05) is 5.21 Å². The number of hydrogen-bond acceptors (Lipinski definition) is 6. The minimum absolute atomic E-state index is 0.198. The van der Waals surface area contributed by atoms with Gasteiger partial charge in [0.1, 0.15) is 10.7 Å². The van der Waals surface area contributed by atoms with Crippen molar-refractivity contribution in [2.45, 2.75) is 11.4 Å². The third-order valence-corrected chi connectivity index (χ3v) is 3.40. The summed E-state index contributed by atoms with van der Waals surface area (Å²) in [4.78, 5) is 4.23. The molecule has 1 N–H and O–H groups in total. The first-order valence-corrected chi connectivity index (χ1v) is 7.19. The highest BCUT2D eigenvalue weighted by atomic mass is 32.2. The van der Waals surface area contributed by atoms with E-state index in [-0.39, 0.29) is 4.90 Å². The van der Waals surface area contributed by atoms with E-state index in [0.717, 1.165) is 6.26 Å². The van der Waals surface area contributed by atoms with Gasteiger partial charge in [-0.15, -0.1) is 5.10 Å². The second-order valence-corrected chi connectivity index (χ2v) is 5.70. The van der Waals surface area contributed by atoms with E-state index in [1.807, 2.05) is 0 Å². The first-order chi connectivity index (χ1) is 8.57. The standard InChI is InChI=1S/C10H13N5O2S/c1-18(16,17)9-3-2-4-11-10(9)12-5-7-15-8-6-13-14-15/h2-4,6,8H,5,7H2,1H3,(H,11,12). The van der Waals surface area contributed by atoms with Gasteiger partial charge in [-0.2, -0.15) is 0 Å². The second kappa shape index (κ2) is 5.13. The maximum atomic E-state index is 11.5. The van der Waals surface area contributed by atoms with Crippen molar-refractivity contribution in [1.29, 1.82) is 0 Å². The SMILES string of the molecule is CS(=O)(=O)c1cccnc1NCCn1ccnn1. The molecule has 18 heavy (non-hydrogen) atoms. The molecule has 0 unspecified atom stereocenters. The van der Waals surface area contributed by atoms with Crippen molar-refractivity contribution in [2.24, 2.45) is 0 Å². The molecule has 2 aromatic rings. The van der Waals surface area contributed by atoms with Crippen LogP contribution in [0.5, 0.6) is 0 Å². The number of aromatic nitrogens is 4. The molecule has 0 bridgehead atoms. The van der Waals surface area contributed by atoms with Gasteiger partial charge < -0.3 is 5.32 Å². The lowest BCUT2D eigenvalue weighted by Crippen LogP contribution is -2.14. The van der Waals surface area contributed by atoms with E-state index in [0.29, 0.717) is 18.9 Å². The van der Waals surface area contributed by atoms with Crippen LogP contribution >= 0.6 is 0 Å². The van der Waals surface area contributed by atoms with Crippen molar-refractivity contribution in [3.63, 3.8) is 0 Å². The van der Waals surface area contributed by atoms with Crippen LogP contribution in [-0.4, -0.2) is 41.2 Å². The van der Waals surface area contributed by atoms with E-state index < -0.39 is 9.84 Å². The van der Waals surface area contributed by atoms with Gasteiger partial charge in [0.15, 0.2) is 9.84 Å². The second-order valence-electron chi connectivity index (χ2n) is 3.72. The van der Waals surface area contributed by atoms with Crippen molar-refractivity contribution in [2.75, 3.05) is 18.1 Å². The molecular weight excluding hydrogens is 254 g/mol. The molecule has 0 atom stereocenters. The number of nitrogens with zero attached hydrogens (tertiary/aromatic N) is 4. The number of rotatable bonds is 5. The molecule has 7 nitrogen and oxygen atoms in total. The van der Waals surface area contributed by atoms with Crippen LogP contribution in [0.3, 0.4) is 0 Å². The van der Waals surface area contributed by atoms with Crippen LogP contribution in [0.25, 0.3) is 0 Å². The van der Waals surface area contributed by atoms with Crippen molar-refractivity contribution in [1.82, 2.24) is 20.0 Å². The Kier molecular flexibility index (Phi) is 3.56. The average molecular weight is 267 g/mol. The number of hydrogen-bond donors (Lipinski definition) is 1. The highest BCUT2D eigenvalue weighted by molar-refractivity contribution is 7.90. The monoisotopic (exact) mass is 267 g/mol. The van der Waals surface area contributed by atoms with Gasteiger partial charge in [-0.25, -0.2) is 13.4 Å². The topological polar surface area (TPSA) is 89.8 Å². The van der Waals surface area contributed by atoms with Gasteiger partial charge in [-0.3, -0.25) is 4.68 Å². The Bertz CT molecular complexity index is 609. The largest absolute Gasteiger partial charge is 0.367 e. The fraction of sp³-hybridized carbons (Fsp3) is 0.300. The summed E-state index contributed by atoms with van der Waals surface area (Å²) in [5.74, 6) is 0.361. The summed E-state index contributed by atoms with van der Waals surface area (Å²) >= 11 is 0. The molecule has 0 aliphatic rings. The lowest BCUT2D eigenvalue weighted by molar-refractivity contribution is 0.599. The minimum Gasteiger partial charge on any atom is -0.367 e. The summed E-state index contributed by atoms with van der Waals surface area (Å²) in [5.41, 5.74) is 0. The summed E-state index contributed by atoms with van der Waals surface area (Å²) in [7, 11) is -3.28. The number of nitrogens with one attached hydrogen (secondary N) is 1. The summed E-state index contributed by atoms with van der Waals surface area (Å²) in [6.07, 6.45) is 6.03. The Morgan fingerprint density at radius 2 is 2.22 bits per heavy atom. The van der Waals surface area contributed by atoms with Crippen molar-refractivity contribution < 1.29 is 8.42 Å². The molecule has 2 rings (SSSR count). The van der Waals surface area contributed by atoms with Crippen LogP contribution < -0.4 is 5.32 Å². The van der Waals surface area contributed by atoms with Gasteiger partial charge in [-0.05, 0) is 12.1 Å². The zero-order chi connectivity index (χ0) is 13.0. The smallest absolute Gasteiger partial charge is 0.179 e. The Labute approximate surface area is 105 Å². The normalized spacial score (nSPS) is 11.4. The fourth-order valence-electron chi connectivity index (χ4n) is 1.46. The number of sulfone groups is 1. The fourth-order valence-corrected chi connectivity index (χ4v) is 2.27. The van der Waals surface area contributed by atoms with Crippen LogP contribution in [-0.2, 0) is 16.4 Å². The van der Waals surface area contributed by atoms with Gasteiger partial charge in [0.05, 0.1) is 12.7 Å². The molecule has 0 fully saturated rings. The summed E-state index contributed by atoms with van der Waals surface area (Å²) in [5, 5.41) is 10.5.